The Bertz CT molecular complexity index is 1520. The molecule has 2 heterocycles. The third-order valence-electron chi connectivity index (χ3n) is 12.8. The number of aliphatic hydroxyl groups is 5. The van der Waals surface area contributed by atoms with Crippen molar-refractivity contribution >= 4 is 11.9 Å². The first-order chi connectivity index (χ1) is 29.7. The zero-order valence-electron chi connectivity index (χ0n) is 40.5. The van der Waals surface area contributed by atoms with E-state index in [1.807, 2.05) is 37.9 Å². The van der Waals surface area contributed by atoms with Gasteiger partial charge < -0.3 is 49.5 Å². The van der Waals surface area contributed by atoms with Crippen molar-refractivity contribution in [3.63, 3.8) is 0 Å². The first kappa shape index (κ1) is 56.2. The van der Waals surface area contributed by atoms with Gasteiger partial charge in [0.05, 0.1) is 35.9 Å². The van der Waals surface area contributed by atoms with Gasteiger partial charge >= 0.3 is 5.97 Å². The van der Waals surface area contributed by atoms with Gasteiger partial charge in [-0.05, 0) is 112 Å². The Labute approximate surface area is 380 Å². The summed E-state index contributed by atoms with van der Waals surface area (Å²) >= 11 is 0. The summed E-state index contributed by atoms with van der Waals surface area (Å²) in [7, 11) is 3.49. The number of allylic oxidation sites excluding steroid dienone is 12. The Hall–Kier alpha value is -2.94. The summed E-state index contributed by atoms with van der Waals surface area (Å²) in [6.45, 7) is 16.1. The third kappa shape index (κ3) is 18.1. The number of ether oxygens (including phenoxy) is 3. The van der Waals surface area contributed by atoms with Crippen molar-refractivity contribution in [3.05, 3.63) is 72.9 Å². The van der Waals surface area contributed by atoms with Crippen LogP contribution < -0.4 is 0 Å². The maximum absolute atomic E-state index is 13.5. The fraction of sp³-hybridized carbons (Fsp3) is 0.725. The zero-order valence-corrected chi connectivity index (χ0v) is 40.5. The summed E-state index contributed by atoms with van der Waals surface area (Å²) < 4.78 is 18.5. The largest absolute Gasteiger partial charge is 0.459 e. The number of rotatable bonds is 18. The van der Waals surface area contributed by atoms with Gasteiger partial charge in [0.1, 0.15) is 23.9 Å². The topological polar surface area (TPSA) is 169 Å². The fourth-order valence-electron chi connectivity index (χ4n) is 8.82. The maximum Gasteiger partial charge on any atom is 0.311 e. The molecule has 0 aromatic carbocycles. The molecule has 2 fully saturated rings. The molecule has 2 aliphatic rings. The van der Waals surface area contributed by atoms with Gasteiger partial charge in [0.15, 0.2) is 6.29 Å². The number of cyclic esters (lactones) is 1. The number of likely N-dealkylation sites (N-methyl/N-ethyl adjacent to an activating group) is 2. The van der Waals surface area contributed by atoms with Gasteiger partial charge in [-0.2, -0.15) is 0 Å². The Kier molecular flexibility index (Phi) is 25.1. The molecule has 5 N–H and O–H groups in total. The number of nitrogens with zero attached hydrogens (tertiary/aromatic N) is 2. The number of aliphatic hydroxyl groups excluding tert-OH is 3. The molecule has 2 rings (SSSR count). The normalized spacial score (nSPS) is 36.2. The van der Waals surface area contributed by atoms with Crippen LogP contribution >= 0.6 is 0 Å². The number of esters is 1. The molecule has 0 aliphatic carbocycles. The van der Waals surface area contributed by atoms with Gasteiger partial charge in [0.25, 0.3) is 0 Å². The molecule has 2 aliphatic heterocycles. The standard InChI is InChI=1S/C51H86N2O10/c1-12-14-15-16-17-18-19-20-21-22-23-24-25-26-27-28-29-30-31-32-43(54)53(11)41-33-37(4)61-49(45(41)56)63-47-38(5)44(55)39(6)48(58)62-42(13-2)51(9,60)46(57)40(7)52(10)35-36(3)34-50(47,8)59/h14-15,17-18,20-21,23-24,26-27,29-30,36-42,44-47,49,55-57,59-60H,12-13,16,19,22,25,28,31-35H2,1-11H3/t36-,37-,38-,39-,40-,41+,42-,44+,45-,46-,47-,49+,50-,51-/m1/s1. The molecular formula is C51H86N2O10. The molecule has 14 atom stereocenters. The summed E-state index contributed by atoms with van der Waals surface area (Å²) in [4.78, 5) is 30.4. The van der Waals surface area contributed by atoms with E-state index in [1.54, 1.807) is 39.6 Å². The number of hydrogen-bond donors (Lipinski definition) is 5. The average Bonchev–Trinajstić information content (AvgIpc) is 3.23. The molecule has 0 spiro atoms. The Morgan fingerprint density at radius 3 is 1.84 bits per heavy atom. The van der Waals surface area contributed by atoms with Crippen molar-refractivity contribution in [2.45, 2.75) is 199 Å². The minimum Gasteiger partial charge on any atom is -0.459 e. The van der Waals surface area contributed by atoms with E-state index in [0.717, 1.165) is 38.5 Å². The first-order valence-corrected chi connectivity index (χ1v) is 23.6. The predicted molar refractivity (Wildman–Crippen MR) is 251 cm³/mol. The van der Waals surface area contributed by atoms with E-state index < -0.39 is 84.0 Å². The van der Waals surface area contributed by atoms with Crippen LogP contribution in [0.3, 0.4) is 0 Å². The van der Waals surface area contributed by atoms with Crippen LogP contribution in [-0.2, 0) is 23.8 Å². The van der Waals surface area contributed by atoms with E-state index >= 15 is 0 Å². The van der Waals surface area contributed by atoms with Crippen molar-refractivity contribution in [3.8, 4) is 0 Å². The monoisotopic (exact) mass is 887 g/mol. The summed E-state index contributed by atoms with van der Waals surface area (Å²) in [6, 6.07) is -1.19. The summed E-state index contributed by atoms with van der Waals surface area (Å²) in [5.74, 6) is -3.07. The van der Waals surface area contributed by atoms with Gasteiger partial charge in [0, 0.05) is 32.0 Å². The van der Waals surface area contributed by atoms with Crippen LogP contribution in [-0.4, -0.2) is 134 Å². The van der Waals surface area contributed by atoms with Crippen LogP contribution in [0, 0.1) is 17.8 Å². The van der Waals surface area contributed by atoms with Crippen LogP contribution in [0.1, 0.15) is 133 Å². The lowest BCUT2D eigenvalue weighted by molar-refractivity contribution is -0.299. The second-order valence-electron chi connectivity index (χ2n) is 18.6. The van der Waals surface area contributed by atoms with Gasteiger partial charge in [-0.25, -0.2) is 0 Å². The van der Waals surface area contributed by atoms with E-state index in [1.165, 1.54) is 13.8 Å². The second kappa shape index (κ2) is 28.2. The molecule has 0 saturated carbocycles. The van der Waals surface area contributed by atoms with E-state index in [2.05, 4.69) is 67.7 Å². The quantitative estimate of drug-likeness (QED) is 0.0690. The highest BCUT2D eigenvalue weighted by molar-refractivity contribution is 5.76. The molecule has 0 radical (unpaired) electrons. The number of amides is 1. The molecule has 0 aromatic rings. The van der Waals surface area contributed by atoms with Crippen molar-refractivity contribution in [1.82, 2.24) is 9.80 Å². The van der Waals surface area contributed by atoms with Gasteiger partial charge in [-0.3, -0.25) is 9.59 Å². The lowest BCUT2D eigenvalue weighted by atomic mass is 9.78. The molecule has 12 nitrogen and oxygen atoms in total. The van der Waals surface area contributed by atoms with Crippen LogP contribution in [0.5, 0.6) is 0 Å². The third-order valence-corrected chi connectivity index (χ3v) is 12.8. The molecule has 0 aromatic heterocycles. The molecule has 63 heavy (non-hydrogen) atoms. The molecule has 0 unspecified atom stereocenters. The highest BCUT2D eigenvalue weighted by Crippen LogP contribution is 2.37. The molecule has 12 heteroatoms. The Morgan fingerprint density at radius 2 is 1.33 bits per heavy atom. The molecule has 0 bridgehead atoms. The maximum atomic E-state index is 13.5. The van der Waals surface area contributed by atoms with E-state index in [0.29, 0.717) is 19.4 Å². The minimum atomic E-state index is -1.79. The van der Waals surface area contributed by atoms with E-state index in [4.69, 9.17) is 14.2 Å². The van der Waals surface area contributed by atoms with Gasteiger partial charge in [-0.15, -0.1) is 0 Å². The fourth-order valence-corrected chi connectivity index (χ4v) is 8.82. The highest BCUT2D eigenvalue weighted by Gasteiger charge is 2.50. The summed E-state index contributed by atoms with van der Waals surface area (Å²) in [6.07, 6.45) is 25.0. The summed E-state index contributed by atoms with van der Waals surface area (Å²) in [5.41, 5.74) is -3.40. The van der Waals surface area contributed by atoms with Crippen molar-refractivity contribution in [2.75, 3.05) is 20.6 Å². The molecule has 2 saturated heterocycles. The number of carbonyl (C=O) groups excluding carboxylic acids is 2. The van der Waals surface area contributed by atoms with E-state index in [9.17, 15) is 35.1 Å². The highest BCUT2D eigenvalue weighted by atomic mass is 16.7. The zero-order chi connectivity index (χ0) is 47.3. The first-order valence-electron chi connectivity index (χ1n) is 23.6. The second-order valence-corrected chi connectivity index (χ2v) is 18.6. The minimum absolute atomic E-state index is 0.134. The Morgan fingerprint density at radius 1 is 0.825 bits per heavy atom. The van der Waals surface area contributed by atoms with Crippen LogP contribution in [0.15, 0.2) is 72.9 Å². The van der Waals surface area contributed by atoms with Crippen molar-refractivity contribution in [2.24, 2.45) is 17.8 Å². The van der Waals surface area contributed by atoms with Gasteiger partial charge in [-0.1, -0.05) is 101 Å². The lowest BCUT2D eigenvalue weighted by Gasteiger charge is -2.47. The van der Waals surface area contributed by atoms with Crippen molar-refractivity contribution < 1.29 is 49.3 Å². The smallest absolute Gasteiger partial charge is 0.311 e. The van der Waals surface area contributed by atoms with Crippen molar-refractivity contribution in [1.29, 1.82) is 0 Å². The van der Waals surface area contributed by atoms with E-state index in [-0.39, 0.29) is 31.1 Å². The number of carbonyl (C=O) groups is 2. The molecule has 1 amide bonds. The number of hydrogen-bond acceptors (Lipinski definition) is 11. The molecule has 360 valence electrons. The SMILES string of the molecule is CCC=CCC=CCC=CCC=CCC=CCC=CCCC(=O)N(C)[C@H]1C[C@@H](C)O[C@@H](O[C@@H]2[C@H](C)[C@H](O)[C@@H](C)C(=O)O[C@H](CC)[C@@](C)(O)[C@H](O)[C@@H](C)N(C)C[C@H](C)C[C@@]2(C)O)[C@@H]1O. The van der Waals surface area contributed by atoms with Gasteiger partial charge in [0.2, 0.25) is 5.91 Å². The predicted octanol–water partition coefficient (Wildman–Crippen LogP) is 7.35. The molecular weight excluding hydrogens is 801 g/mol. The average molecular weight is 887 g/mol. The summed E-state index contributed by atoms with van der Waals surface area (Å²) in [5, 5.41) is 58.5. The lowest BCUT2D eigenvalue weighted by Crippen LogP contribution is -2.60. The Balaban J connectivity index is 2.08. The van der Waals surface area contributed by atoms with Crippen LogP contribution in [0.25, 0.3) is 0 Å². The van der Waals surface area contributed by atoms with Crippen LogP contribution in [0.2, 0.25) is 0 Å². The van der Waals surface area contributed by atoms with Crippen LogP contribution in [0.4, 0.5) is 0 Å².